The van der Waals surface area contributed by atoms with Gasteiger partial charge in [-0.2, -0.15) is 9.61 Å². The molecule has 0 aliphatic carbocycles. The highest BCUT2D eigenvalue weighted by molar-refractivity contribution is 6.42. The highest BCUT2D eigenvalue weighted by Gasteiger charge is 2.12. The maximum atomic E-state index is 12.4. The molecule has 0 unspecified atom stereocenters. The average Bonchev–Trinajstić information content (AvgIpc) is 3.29. The van der Waals surface area contributed by atoms with E-state index < -0.39 is 0 Å². The predicted octanol–water partition coefficient (Wildman–Crippen LogP) is 5.18. The number of fused-ring (bicyclic) bond motifs is 1. The van der Waals surface area contributed by atoms with Crippen LogP contribution in [0.1, 0.15) is 0 Å². The van der Waals surface area contributed by atoms with Crippen molar-refractivity contribution in [2.24, 2.45) is 0 Å². The lowest BCUT2D eigenvalue weighted by molar-refractivity contribution is -0.118. The Kier molecular flexibility index (Phi) is 6.07. The van der Waals surface area contributed by atoms with E-state index in [1.54, 1.807) is 41.2 Å². The first-order chi connectivity index (χ1) is 16.6. The molecule has 3 heterocycles. The van der Waals surface area contributed by atoms with Gasteiger partial charge in [-0.1, -0.05) is 41.4 Å². The third-order valence-electron chi connectivity index (χ3n) is 4.92. The van der Waals surface area contributed by atoms with Crippen LogP contribution in [0.2, 0.25) is 10.0 Å². The molecule has 3 aromatic heterocycles. The third-order valence-corrected chi connectivity index (χ3v) is 5.72. The molecule has 5 rings (SSSR count). The molecule has 0 fully saturated rings. The molecule has 0 bridgehead atoms. The molecule has 8 nitrogen and oxygen atoms in total. The van der Waals surface area contributed by atoms with Crippen molar-refractivity contribution in [1.82, 2.24) is 24.8 Å². The second kappa shape index (κ2) is 9.46. The molecule has 10 heteroatoms. The van der Waals surface area contributed by atoms with Crippen molar-refractivity contribution >= 4 is 40.4 Å². The molecule has 0 aliphatic rings. The smallest absolute Gasteiger partial charge is 0.262 e. The molecule has 1 amide bonds. The van der Waals surface area contributed by atoms with Crippen LogP contribution in [0.15, 0.2) is 79.1 Å². The van der Waals surface area contributed by atoms with Gasteiger partial charge in [0.1, 0.15) is 10.8 Å². The van der Waals surface area contributed by atoms with Crippen LogP contribution in [0.25, 0.3) is 28.3 Å². The zero-order valence-electron chi connectivity index (χ0n) is 17.5. The molecular weight excluding hydrogens is 475 g/mol. The van der Waals surface area contributed by atoms with Gasteiger partial charge < -0.3 is 10.1 Å². The zero-order valence-corrected chi connectivity index (χ0v) is 19.0. The van der Waals surface area contributed by atoms with Crippen LogP contribution < -0.4 is 10.1 Å². The molecule has 5 aromatic rings. The van der Waals surface area contributed by atoms with E-state index >= 15 is 0 Å². The van der Waals surface area contributed by atoms with Crippen molar-refractivity contribution in [2.75, 3.05) is 11.9 Å². The molecule has 0 aliphatic heterocycles. The summed E-state index contributed by atoms with van der Waals surface area (Å²) < 4.78 is 7.18. The first-order valence-electron chi connectivity index (χ1n) is 10.2. The van der Waals surface area contributed by atoms with Crippen molar-refractivity contribution in [3.63, 3.8) is 0 Å². The zero-order chi connectivity index (χ0) is 23.5. The molecule has 1 N–H and O–H groups in total. The fourth-order valence-corrected chi connectivity index (χ4v) is 3.66. The fraction of sp³-hybridized carbons (Fsp3) is 0.0417. The van der Waals surface area contributed by atoms with Gasteiger partial charge in [0, 0.05) is 29.2 Å². The minimum atomic E-state index is -0.338. The van der Waals surface area contributed by atoms with Gasteiger partial charge in [-0.25, -0.2) is 0 Å². The maximum absolute atomic E-state index is 12.4. The SMILES string of the molecule is O=C(COc1cccc(Cl)c1Cl)Nc1cccc(-c2ccc3nnc(-c4ccncc4)n3n2)c1. The Morgan fingerprint density at radius 3 is 2.62 bits per heavy atom. The summed E-state index contributed by atoms with van der Waals surface area (Å²) in [6, 6.07) is 19.7. The van der Waals surface area contributed by atoms with Crippen molar-refractivity contribution in [1.29, 1.82) is 0 Å². The lowest BCUT2D eigenvalue weighted by Crippen LogP contribution is -2.20. The second-order valence-electron chi connectivity index (χ2n) is 7.22. The monoisotopic (exact) mass is 490 g/mol. The summed E-state index contributed by atoms with van der Waals surface area (Å²) in [7, 11) is 0. The largest absolute Gasteiger partial charge is 0.482 e. The van der Waals surface area contributed by atoms with Crippen LogP contribution >= 0.6 is 23.2 Å². The first-order valence-corrected chi connectivity index (χ1v) is 10.9. The number of aromatic nitrogens is 5. The molecular formula is C24H16Cl2N6O2. The van der Waals surface area contributed by atoms with Crippen LogP contribution in [0.3, 0.4) is 0 Å². The van der Waals surface area contributed by atoms with E-state index in [0.717, 1.165) is 11.1 Å². The van der Waals surface area contributed by atoms with Crippen LogP contribution in [0.5, 0.6) is 5.75 Å². The van der Waals surface area contributed by atoms with E-state index in [1.807, 2.05) is 42.5 Å². The summed E-state index contributed by atoms with van der Waals surface area (Å²) >= 11 is 12.1. The van der Waals surface area contributed by atoms with Gasteiger partial charge in [-0.05, 0) is 48.5 Å². The molecule has 0 saturated carbocycles. The Balaban J connectivity index is 1.34. The van der Waals surface area contributed by atoms with Crippen LogP contribution in [0, 0.1) is 0 Å². The van der Waals surface area contributed by atoms with Gasteiger partial charge in [0.2, 0.25) is 0 Å². The van der Waals surface area contributed by atoms with Crippen molar-refractivity contribution in [2.45, 2.75) is 0 Å². The van der Waals surface area contributed by atoms with E-state index in [2.05, 4.69) is 20.5 Å². The van der Waals surface area contributed by atoms with E-state index in [1.165, 1.54) is 0 Å². The highest BCUT2D eigenvalue weighted by atomic mass is 35.5. The van der Waals surface area contributed by atoms with Crippen molar-refractivity contribution in [3.05, 3.63) is 89.2 Å². The Hall–Kier alpha value is -4.01. The van der Waals surface area contributed by atoms with Crippen LogP contribution in [0.4, 0.5) is 5.69 Å². The number of anilines is 1. The fourth-order valence-electron chi connectivity index (χ4n) is 3.32. The molecule has 0 saturated heterocycles. The lowest BCUT2D eigenvalue weighted by Gasteiger charge is -2.10. The summed E-state index contributed by atoms with van der Waals surface area (Å²) in [5.41, 5.74) is 3.58. The van der Waals surface area contributed by atoms with Crippen molar-refractivity contribution < 1.29 is 9.53 Å². The van der Waals surface area contributed by atoms with E-state index in [-0.39, 0.29) is 17.5 Å². The van der Waals surface area contributed by atoms with Gasteiger partial charge in [-0.3, -0.25) is 9.78 Å². The van der Waals surface area contributed by atoms with Gasteiger partial charge in [0.25, 0.3) is 5.91 Å². The summed E-state index contributed by atoms with van der Waals surface area (Å²) in [5, 5.41) is 16.6. The quantitative estimate of drug-likeness (QED) is 0.352. The highest BCUT2D eigenvalue weighted by Crippen LogP contribution is 2.31. The molecule has 34 heavy (non-hydrogen) atoms. The van der Waals surface area contributed by atoms with Gasteiger partial charge >= 0.3 is 0 Å². The van der Waals surface area contributed by atoms with Crippen LogP contribution in [-0.2, 0) is 4.79 Å². The standard InChI is InChI=1S/C24H16Cl2N6O2/c25-18-5-2-6-20(23(18)26)34-14-22(33)28-17-4-1-3-16(13-17)19-7-8-21-29-30-24(32(21)31-19)15-9-11-27-12-10-15/h1-13H,14H2,(H,28,33). The number of nitrogens with zero attached hydrogens (tertiary/aromatic N) is 5. The summed E-state index contributed by atoms with van der Waals surface area (Å²) in [5.74, 6) is 0.616. The summed E-state index contributed by atoms with van der Waals surface area (Å²) in [6.45, 7) is -0.218. The topological polar surface area (TPSA) is 94.3 Å². The van der Waals surface area contributed by atoms with Crippen LogP contribution in [-0.4, -0.2) is 37.3 Å². The molecule has 0 radical (unpaired) electrons. The number of pyridine rings is 1. The number of rotatable bonds is 6. The summed E-state index contributed by atoms with van der Waals surface area (Å²) in [6.07, 6.45) is 3.38. The van der Waals surface area contributed by atoms with E-state index in [9.17, 15) is 4.79 Å². The number of amides is 1. The number of carbonyl (C=O) groups excluding carboxylic acids is 1. The molecule has 168 valence electrons. The number of carbonyl (C=O) groups is 1. The maximum Gasteiger partial charge on any atom is 0.262 e. The minimum Gasteiger partial charge on any atom is -0.482 e. The predicted molar refractivity (Wildman–Crippen MR) is 130 cm³/mol. The van der Waals surface area contributed by atoms with Gasteiger partial charge in [0.15, 0.2) is 18.1 Å². The van der Waals surface area contributed by atoms with Gasteiger partial charge in [-0.15, -0.1) is 10.2 Å². The number of nitrogens with one attached hydrogen (secondary N) is 1. The lowest BCUT2D eigenvalue weighted by atomic mass is 10.1. The summed E-state index contributed by atoms with van der Waals surface area (Å²) in [4.78, 5) is 16.5. The molecule has 0 atom stereocenters. The minimum absolute atomic E-state index is 0.218. The Morgan fingerprint density at radius 2 is 1.76 bits per heavy atom. The number of hydrogen-bond donors (Lipinski definition) is 1. The Morgan fingerprint density at radius 1 is 0.941 bits per heavy atom. The van der Waals surface area contributed by atoms with Gasteiger partial charge in [0.05, 0.1) is 10.7 Å². The molecule has 2 aromatic carbocycles. The number of hydrogen-bond acceptors (Lipinski definition) is 6. The first kappa shape index (κ1) is 21.8. The Labute approximate surface area is 204 Å². The second-order valence-corrected chi connectivity index (χ2v) is 8.00. The molecule has 0 spiro atoms. The van der Waals surface area contributed by atoms with E-state index in [0.29, 0.717) is 33.6 Å². The van der Waals surface area contributed by atoms with Crippen molar-refractivity contribution in [3.8, 4) is 28.4 Å². The normalized spacial score (nSPS) is 10.9. The number of ether oxygens (including phenoxy) is 1. The number of benzene rings is 2. The Bertz CT molecular complexity index is 1490. The average molecular weight is 491 g/mol. The third kappa shape index (κ3) is 4.54. The number of halogens is 2. The van der Waals surface area contributed by atoms with E-state index in [4.69, 9.17) is 33.0 Å².